The lowest BCUT2D eigenvalue weighted by Crippen LogP contribution is -2.11. The molecule has 0 aliphatic heterocycles. The van der Waals surface area contributed by atoms with E-state index in [2.05, 4.69) is 53.6 Å². The van der Waals surface area contributed by atoms with Crippen LogP contribution in [0, 0.1) is 6.92 Å². The fraction of sp³-hybridized carbons (Fsp3) is 0.211. The van der Waals surface area contributed by atoms with Crippen LogP contribution in [-0.2, 0) is 0 Å². The molecule has 3 aromatic rings. The molecule has 0 saturated heterocycles. The second-order valence-corrected chi connectivity index (χ2v) is 6.70. The Balaban J connectivity index is 1.93. The molecular formula is C19H20N4S. The highest BCUT2D eigenvalue weighted by molar-refractivity contribution is 7.07. The summed E-state index contributed by atoms with van der Waals surface area (Å²) in [7, 11) is 0. The molecule has 24 heavy (non-hydrogen) atoms. The molecule has 122 valence electrons. The highest BCUT2D eigenvalue weighted by Gasteiger charge is 2.01. The van der Waals surface area contributed by atoms with Gasteiger partial charge in [0.2, 0.25) is 4.80 Å². The van der Waals surface area contributed by atoms with Crippen LogP contribution < -0.4 is 4.80 Å². The van der Waals surface area contributed by atoms with E-state index >= 15 is 0 Å². The third-order valence-corrected chi connectivity index (χ3v) is 4.58. The maximum atomic E-state index is 4.73. The van der Waals surface area contributed by atoms with Crippen LogP contribution in [0.3, 0.4) is 0 Å². The van der Waals surface area contributed by atoms with Crippen LogP contribution in [0.4, 0.5) is 5.69 Å². The summed E-state index contributed by atoms with van der Waals surface area (Å²) in [5.74, 6) is 0.525. The van der Waals surface area contributed by atoms with Crippen molar-refractivity contribution in [3.63, 3.8) is 0 Å². The molecule has 0 fully saturated rings. The van der Waals surface area contributed by atoms with Crippen molar-refractivity contribution < 1.29 is 0 Å². The number of hydrogen-bond donors (Lipinski definition) is 0. The molecule has 0 aliphatic carbocycles. The predicted octanol–water partition coefficient (Wildman–Crippen LogP) is 4.49. The summed E-state index contributed by atoms with van der Waals surface area (Å²) in [6, 6.07) is 12.2. The highest BCUT2D eigenvalue weighted by Crippen LogP contribution is 2.18. The van der Waals surface area contributed by atoms with E-state index in [9.17, 15) is 0 Å². The fourth-order valence-electron chi connectivity index (χ4n) is 2.22. The lowest BCUT2D eigenvalue weighted by molar-refractivity contribution is 0.809. The highest BCUT2D eigenvalue weighted by atomic mass is 32.1. The van der Waals surface area contributed by atoms with Gasteiger partial charge >= 0.3 is 0 Å². The maximum Gasteiger partial charge on any atom is 0.211 e. The van der Waals surface area contributed by atoms with Crippen molar-refractivity contribution >= 4 is 23.2 Å². The molecule has 2 aromatic heterocycles. The van der Waals surface area contributed by atoms with E-state index in [1.165, 1.54) is 5.56 Å². The Bertz CT molecular complexity index is 887. The van der Waals surface area contributed by atoms with Gasteiger partial charge in [0.05, 0.1) is 17.6 Å². The number of nitrogens with zero attached hydrogens (tertiary/aromatic N) is 4. The van der Waals surface area contributed by atoms with Gasteiger partial charge in [-0.05, 0) is 36.6 Å². The molecule has 0 N–H and O–H groups in total. The van der Waals surface area contributed by atoms with Crippen LogP contribution in [0.25, 0.3) is 0 Å². The molecule has 0 spiro atoms. The minimum Gasteiger partial charge on any atom is -0.264 e. The van der Waals surface area contributed by atoms with Gasteiger partial charge in [-0.25, -0.2) is 9.67 Å². The van der Waals surface area contributed by atoms with Crippen molar-refractivity contribution in [2.75, 3.05) is 0 Å². The smallest absolute Gasteiger partial charge is 0.211 e. The van der Waals surface area contributed by atoms with E-state index in [-0.39, 0.29) is 0 Å². The van der Waals surface area contributed by atoms with Crippen LogP contribution in [0.1, 0.15) is 36.6 Å². The largest absolute Gasteiger partial charge is 0.264 e. The average molecular weight is 336 g/mol. The van der Waals surface area contributed by atoms with Crippen molar-refractivity contribution in [3.05, 3.63) is 75.8 Å². The Labute approximate surface area is 145 Å². The summed E-state index contributed by atoms with van der Waals surface area (Å²) < 4.78 is 1.86. The van der Waals surface area contributed by atoms with Crippen LogP contribution in [0.2, 0.25) is 0 Å². The van der Waals surface area contributed by atoms with Crippen LogP contribution in [-0.4, -0.2) is 15.9 Å². The van der Waals surface area contributed by atoms with E-state index in [4.69, 9.17) is 4.99 Å². The fourth-order valence-corrected chi connectivity index (χ4v) is 3.05. The van der Waals surface area contributed by atoms with Gasteiger partial charge in [0.15, 0.2) is 0 Å². The predicted molar refractivity (Wildman–Crippen MR) is 100 cm³/mol. The number of rotatable bonds is 4. The number of hydrogen-bond acceptors (Lipinski definition) is 4. The first-order chi connectivity index (χ1) is 11.6. The van der Waals surface area contributed by atoms with E-state index in [1.54, 1.807) is 29.9 Å². The summed E-state index contributed by atoms with van der Waals surface area (Å²) in [5.41, 5.74) is 4.27. The Kier molecular flexibility index (Phi) is 5.01. The van der Waals surface area contributed by atoms with Crippen molar-refractivity contribution in [3.8, 4) is 0 Å². The van der Waals surface area contributed by atoms with E-state index < -0.39 is 0 Å². The van der Waals surface area contributed by atoms with Crippen molar-refractivity contribution in [1.82, 2.24) is 9.66 Å². The zero-order chi connectivity index (χ0) is 16.9. The van der Waals surface area contributed by atoms with Crippen LogP contribution in [0.5, 0.6) is 0 Å². The number of pyridine rings is 1. The summed E-state index contributed by atoms with van der Waals surface area (Å²) in [5, 5.41) is 6.60. The lowest BCUT2D eigenvalue weighted by atomic mass is 10.0. The molecule has 0 radical (unpaired) electrons. The second-order valence-electron chi connectivity index (χ2n) is 5.86. The van der Waals surface area contributed by atoms with Gasteiger partial charge in [-0.15, -0.1) is 11.3 Å². The minimum absolute atomic E-state index is 0.525. The molecule has 0 amide bonds. The number of benzene rings is 1. The summed E-state index contributed by atoms with van der Waals surface area (Å²) in [6.45, 7) is 6.41. The number of thiazole rings is 1. The maximum absolute atomic E-state index is 4.73. The monoisotopic (exact) mass is 336 g/mol. The van der Waals surface area contributed by atoms with Crippen LogP contribution in [0.15, 0.2) is 64.3 Å². The van der Waals surface area contributed by atoms with Gasteiger partial charge in [0.25, 0.3) is 0 Å². The first-order valence-electron chi connectivity index (χ1n) is 7.89. The molecule has 0 saturated carbocycles. The Hall–Kier alpha value is -2.53. The zero-order valence-corrected chi connectivity index (χ0v) is 14.9. The summed E-state index contributed by atoms with van der Waals surface area (Å²) >= 11 is 1.58. The van der Waals surface area contributed by atoms with Crippen molar-refractivity contribution in [1.29, 1.82) is 0 Å². The van der Waals surface area contributed by atoms with Gasteiger partial charge in [-0.1, -0.05) is 32.0 Å². The summed E-state index contributed by atoms with van der Waals surface area (Å²) in [4.78, 5) is 9.68. The Morgan fingerprint density at radius 2 is 1.96 bits per heavy atom. The van der Waals surface area contributed by atoms with Crippen LogP contribution >= 0.6 is 11.3 Å². The lowest BCUT2D eigenvalue weighted by Gasteiger charge is -2.04. The first kappa shape index (κ1) is 16.3. The molecular weight excluding hydrogens is 316 g/mol. The number of aryl methyl sites for hydroxylation is 1. The SMILES string of the molecule is Cc1csc(=Nc2ccc(C(C)C)cc2)n1N=Cc1cccnc1. The Morgan fingerprint density at radius 3 is 2.62 bits per heavy atom. The van der Waals surface area contributed by atoms with Gasteiger partial charge in [0.1, 0.15) is 0 Å². The van der Waals surface area contributed by atoms with Gasteiger partial charge in [-0.3, -0.25) is 4.98 Å². The average Bonchev–Trinajstić information content (AvgIpc) is 2.94. The van der Waals surface area contributed by atoms with E-state index in [0.717, 1.165) is 21.7 Å². The van der Waals surface area contributed by atoms with Gasteiger partial charge < -0.3 is 0 Å². The van der Waals surface area contributed by atoms with Crippen molar-refractivity contribution in [2.24, 2.45) is 10.1 Å². The first-order valence-corrected chi connectivity index (χ1v) is 8.77. The zero-order valence-electron chi connectivity index (χ0n) is 14.0. The quantitative estimate of drug-likeness (QED) is 0.647. The molecule has 1 aromatic carbocycles. The third kappa shape index (κ3) is 3.86. The second kappa shape index (κ2) is 7.36. The minimum atomic E-state index is 0.525. The standard InChI is InChI=1S/C19H20N4S/c1-14(2)17-6-8-18(9-7-17)22-19-23(15(3)13-24-19)21-12-16-5-4-10-20-11-16/h4-14H,1-3H3. The van der Waals surface area contributed by atoms with Gasteiger partial charge in [-0.2, -0.15) is 5.10 Å². The third-order valence-electron chi connectivity index (χ3n) is 3.64. The summed E-state index contributed by atoms with van der Waals surface area (Å²) in [6.07, 6.45) is 5.34. The van der Waals surface area contributed by atoms with Crippen molar-refractivity contribution in [2.45, 2.75) is 26.7 Å². The van der Waals surface area contributed by atoms with E-state index in [0.29, 0.717) is 5.92 Å². The molecule has 0 bridgehead atoms. The molecule has 3 rings (SSSR count). The van der Waals surface area contributed by atoms with Gasteiger partial charge in [0, 0.05) is 23.3 Å². The molecule has 0 atom stereocenters. The molecule has 0 unspecified atom stereocenters. The topological polar surface area (TPSA) is 42.5 Å². The molecule has 4 nitrogen and oxygen atoms in total. The molecule has 5 heteroatoms. The molecule has 2 heterocycles. The number of aromatic nitrogens is 2. The van der Waals surface area contributed by atoms with E-state index in [1.807, 2.05) is 23.7 Å². The normalized spacial score (nSPS) is 12.4. The Morgan fingerprint density at radius 1 is 1.17 bits per heavy atom. The molecule has 0 aliphatic rings.